The van der Waals surface area contributed by atoms with E-state index in [0.29, 0.717) is 17.3 Å². The summed E-state index contributed by atoms with van der Waals surface area (Å²) in [4.78, 5) is 35.5. The van der Waals surface area contributed by atoms with E-state index in [2.05, 4.69) is 10.6 Å². The molecule has 0 spiro atoms. The van der Waals surface area contributed by atoms with Crippen molar-refractivity contribution in [2.24, 2.45) is 0 Å². The third-order valence-electron chi connectivity index (χ3n) is 3.81. The molecule has 5 nitrogen and oxygen atoms in total. The Morgan fingerprint density at radius 3 is 2.14 bits per heavy atom. The van der Waals surface area contributed by atoms with Crippen molar-refractivity contribution >= 4 is 40.6 Å². The van der Waals surface area contributed by atoms with Gasteiger partial charge >= 0.3 is 6.18 Å². The lowest BCUT2D eigenvalue weighted by Gasteiger charge is -2.11. The van der Waals surface area contributed by atoms with Gasteiger partial charge in [0.1, 0.15) is 0 Å². The van der Waals surface area contributed by atoms with Crippen LogP contribution in [0.4, 0.5) is 24.5 Å². The van der Waals surface area contributed by atoms with Gasteiger partial charge in [0.2, 0.25) is 5.91 Å². The molecule has 0 atom stereocenters. The van der Waals surface area contributed by atoms with Crippen molar-refractivity contribution in [3.63, 3.8) is 0 Å². The summed E-state index contributed by atoms with van der Waals surface area (Å²) in [7, 11) is 0. The lowest BCUT2D eigenvalue weighted by molar-refractivity contribution is -0.137. The second-order valence-corrected chi connectivity index (χ2v) is 6.50. The maximum absolute atomic E-state index is 12.8. The fourth-order valence-corrected chi connectivity index (χ4v) is 2.41. The Morgan fingerprint density at radius 1 is 0.966 bits per heavy atom. The van der Waals surface area contributed by atoms with Crippen molar-refractivity contribution in [1.29, 1.82) is 0 Å². The van der Waals surface area contributed by atoms with Crippen molar-refractivity contribution in [2.45, 2.75) is 20.0 Å². The van der Waals surface area contributed by atoms with Crippen LogP contribution in [0.25, 0.3) is 0 Å². The highest BCUT2D eigenvalue weighted by atomic mass is 35.5. The summed E-state index contributed by atoms with van der Waals surface area (Å²) < 4.78 is 38.4. The number of ketones is 1. The highest BCUT2D eigenvalue weighted by Gasteiger charge is 2.31. The standard InChI is InChI=1S/C20H16ClF3N2O3/c1-11(19(29)25-15-6-3-13(4-7-15)12(2)27)9-18(28)26-17-10-14(20(22,23)24)5-8-16(17)21/h3-10H,1-2H3,(H,25,29)(H,26,28)/b11-9-. The van der Waals surface area contributed by atoms with Gasteiger partial charge in [-0.15, -0.1) is 0 Å². The molecule has 0 aliphatic carbocycles. The Balaban J connectivity index is 2.08. The normalized spacial score (nSPS) is 11.7. The third kappa shape index (κ3) is 6.18. The van der Waals surface area contributed by atoms with Crippen LogP contribution in [0.3, 0.4) is 0 Å². The molecule has 0 heterocycles. The third-order valence-corrected chi connectivity index (χ3v) is 4.14. The molecular formula is C20H16ClF3N2O3. The molecule has 0 saturated heterocycles. The second kappa shape index (κ2) is 8.91. The molecule has 9 heteroatoms. The quantitative estimate of drug-likeness (QED) is 0.519. The molecular weight excluding hydrogens is 409 g/mol. The minimum absolute atomic E-state index is 0.0150. The number of hydrogen-bond donors (Lipinski definition) is 2. The summed E-state index contributed by atoms with van der Waals surface area (Å²) in [6, 6.07) is 8.67. The number of nitrogens with one attached hydrogen (secondary N) is 2. The van der Waals surface area contributed by atoms with Crippen LogP contribution in [0.2, 0.25) is 5.02 Å². The van der Waals surface area contributed by atoms with Crippen molar-refractivity contribution in [3.05, 3.63) is 70.3 Å². The van der Waals surface area contributed by atoms with Crippen LogP contribution in [-0.2, 0) is 15.8 Å². The van der Waals surface area contributed by atoms with Crippen LogP contribution in [0, 0.1) is 0 Å². The summed E-state index contributed by atoms with van der Waals surface area (Å²) in [6.07, 6.45) is -3.65. The zero-order valence-corrected chi connectivity index (χ0v) is 16.1. The molecule has 2 rings (SSSR count). The van der Waals surface area contributed by atoms with Gasteiger partial charge in [0, 0.05) is 22.9 Å². The summed E-state index contributed by atoms with van der Waals surface area (Å²) in [5, 5.41) is 4.70. The number of carbonyl (C=O) groups excluding carboxylic acids is 3. The smallest absolute Gasteiger partial charge is 0.322 e. The van der Waals surface area contributed by atoms with Crippen LogP contribution >= 0.6 is 11.6 Å². The maximum atomic E-state index is 12.8. The molecule has 0 aliphatic heterocycles. The first-order valence-electron chi connectivity index (χ1n) is 8.26. The molecule has 0 bridgehead atoms. The average molecular weight is 425 g/mol. The topological polar surface area (TPSA) is 75.3 Å². The minimum atomic E-state index is -4.59. The molecule has 0 saturated carbocycles. The monoisotopic (exact) mass is 424 g/mol. The summed E-state index contributed by atoms with van der Waals surface area (Å²) in [5.74, 6) is -1.53. The lowest BCUT2D eigenvalue weighted by Crippen LogP contribution is -2.16. The number of Topliss-reactive ketones (excluding diaryl/α,β-unsaturated/α-hetero) is 1. The van der Waals surface area contributed by atoms with E-state index in [1.54, 1.807) is 12.1 Å². The van der Waals surface area contributed by atoms with Crippen LogP contribution in [-0.4, -0.2) is 17.6 Å². The van der Waals surface area contributed by atoms with E-state index in [9.17, 15) is 27.6 Å². The molecule has 2 amide bonds. The first-order valence-corrected chi connectivity index (χ1v) is 8.63. The number of hydrogen-bond acceptors (Lipinski definition) is 3. The zero-order valence-electron chi connectivity index (χ0n) is 15.4. The van der Waals surface area contributed by atoms with Gasteiger partial charge in [0.05, 0.1) is 16.3 Å². The van der Waals surface area contributed by atoms with E-state index in [1.165, 1.54) is 26.0 Å². The summed E-state index contributed by atoms with van der Waals surface area (Å²) in [6.45, 7) is 2.78. The molecule has 0 aromatic heterocycles. The average Bonchev–Trinajstić information content (AvgIpc) is 2.62. The number of carbonyl (C=O) groups is 3. The van der Waals surface area contributed by atoms with E-state index in [0.717, 1.165) is 18.2 Å². The van der Waals surface area contributed by atoms with E-state index in [-0.39, 0.29) is 22.1 Å². The number of rotatable bonds is 5. The van der Waals surface area contributed by atoms with Crippen molar-refractivity contribution < 1.29 is 27.6 Å². The van der Waals surface area contributed by atoms with Crippen LogP contribution in [0.1, 0.15) is 29.8 Å². The zero-order chi connectivity index (χ0) is 21.8. The first-order chi connectivity index (χ1) is 13.5. The van der Waals surface area contributed by atoms with Crippen LogP contribution in [0.15, 0.2) is 54.1 Å². The Kier molecular flexibility index (Phi) is 6.81. The first kappa shape index (κ1) is 22.2. The largest absolute Gasteiger partial charge is 0.416 e. The Labute approximate surface area is 169 Å². The number of halogens is 4. The maximum Gasteiger partial charge on any atom is 0.416 e. The molecule has 2 aromatic carbocycles. The predicted molar refractivity (Wildman–Crippen MR) is 104 cm³/mol. The highest BCUT2D eigenvalue weighted by molar-refractivity contribution is 6.33. The lowest BCUT2D eigenvalue weighted by atomic mass is 10.1. The summed E-state index contributed by atoms with van der Waals surface area (Å²) in [5.41, 5.74) is -0.289. The minimum Gasteiger partial charge on any atom is -0.322 e. The van der Waals surface area contributed by atoms with Crippen molar-refractivity contribution in [2.75, 3.05) is 10.6 Å². The molecule has 29 heavy (non-hydrogen) atoms. The Morgan fingerprint density at radius 2 is 1.59 bits per heavy atom. The van der Waals surface area contributed by atoms with Crippen LogP contribution in [0.5, 0.6) is 0 Å². The number of amides is 2. The van der Waals surface area contributed by atoms with E-state index < -0.39 is 23.6 Å². The van der Waals surface area contributed by atoms with Crippen molar-refractivity contribution in [3.8, 4) is 0 Å². The molecule has 0 unspecified atom stereocenters. The van der Waals surface area contributed by atoms with Gasteiger partial charge in [0.25, 0.3) is 5.91 Å². The van der Waals surface area contributed by atoms with Gasteiger partial charge in [-0.2, -0.15) is 13.2 Å². The number of alkyl halides is 3. The van der Waals surface area contributed by atoms with E-state index >= 15 is 0 Å². The number of anilines is 2. The summed E-state index contributed by atoms with van der Waals surface area (Å²) >= 11 is 5.83. The van der Waals surface area contributed by atoms with Gasteiger partial charge in [-0.1, -0.05) is 11.6 Å². The van der Waals surface area contributed by atoms with E-state index in [1.807, 2.05) is 0 Å². The molecule has 0 fully saturated rings. The molecule has 152 valence electrons. The molecule has 2 N–H and O–H groups in total. The predicted octanol–water partition coefficient (Wildman–Crippen LogP) is 5.08. The van der Waals surface area contributed by atoms with Gasteiger partial charge in [-0.05, 0) is 56.3 Å². The van der Waals surface area contributed by atoms with Gasteiger partial charge in [-0.25, -0.2) is 0 Å². The fraction of sp³-hybridized carbons (Fsp3) is 0.150. The van der Waals surface area contributed by atoms with Crippen LogP contribution < -0.4 is 10.6 Å². The fourth-order valence-electron chi connectivity index (χ4n) is 2.25. The highest BCUT2D eigenvalue weighted by Crippen LogP contribution is 2.33. The molecule has 0 aliphatic rings. The van der Waals surface area contributed by atoms with E-state index in [4.69, 9.17) is 11.6 Å². The second-order valence-electron chi connectivity index (χ2n) is 6.10. The molecule has 2 aromatic rings. The van der Waals surface area contributed by atoms with Gasteiger partial charge in [0.15, 0.2) is 5.78 Å². The van der Waals surface area contributed by atoms with Gasteiger partial charge in [-0.3, -0.25) is 14.4 Å². The Hall–Kier alpha value is -3.13. The number of benzene rings is 2. The Bertz CT molecular complexity index is 983. The van der Waals surface area contributed by atoms with Crippen molar-refractivity contribution in [1.82, 2.24) is 0 Å². The molecule has 0 radical (unpaired) electrons. The van der Waals surface area contributed by atoms with Gasteiger partial charge < -0.3 is 10.6 Å². The SMILES string of the molecule is CC(=O)c1ccc(NC(=O)/C(C)=C\C(=O)Nc2cc(C(F)(F)F)ccc2Cl)cc1.